The van der Waals surface area contributed by atoms with Crippen LogP contribution in [0.3, 0.4) is 0 Å². The molecule has 0 bridgehead atoms. The smallest absolute Gasteiger partial charge is 0.307 e. The van der Waals surface area contributed by atoms with Crippen molar-refractivity contribution in [3.05, 3.63) is 89.5 Å². The van der Waals surface area contributed by atoms with E-state index in [2.05, 4.69) is 20.3 Å². The van der Waals surface area contributed by atoms with Gasteiger partial charge in [0.15, 0.2) is 5.78 Å². The van der Waals surface area contributed by atoms with Crippen LogP contribution in [-0.4, -0.2) is 57.6 Å². The number of amides is 1. The molecule has 0 atom stereocenters. The average Bonchev–Trinajstić information content (AvgIpc) is 2.94. The molecule has 1 amide bonds. The maximum atomic E-state index is 12.8. The zero-order valence-electron chi connectivity index (χ0n) is 20.2. The molecule has 0 spiro atoms. The lowest BCUT2D eigenvalue weighted by molar-refractivity contribution is -0.140. The summed E-state index contributed by atoms with van der Waals surface area (Å²) in [6.07, 6.45) is 0.264. The lowest BCUT2D eigenvalue weighted by Crippen LogP contribution is -2.36. The number of morpholine rings is 1. The number of esters is 1. The van der Waals surface area contributed by atoms with Crippen molar-refractivity contribution in [1.82, 2.24) is 0 Å². The van der Waals surface area contributed by atoms with E-state index in [1.807, 2.05) is 24.3 Å². The van der Waals surface area contributed by atoms with Gasteiger partial charge in [-0.05, 0) is 72.8 Å². The van der Waals surface area contributed by atoms with E-state index < -0.39 is 0 Å². The highest BCUT2D eigenvalue weighted by Gasteiger charge is 2.13. The Morgan fingerprint density at radius 1 is 0.806 bits per heavy atom. The van der Waals surface area contributed by atoms with Crippen LogP contribution in [0, 0.1) is 0 Å². The second-order valence-corrected chi connectivity index (χ2v) is 8.34. The molecule has 0 aromatic heterocycles. The molecule has 0 saturated carbocycles. The van der Waals surface area contributed by atoms with Crippen molar-refractivity contribution in [3.63, 3.8) is 0 Å². The Kier molecular flexibility index (Phi) is 8.31. The third-order valence-electron chi connectivity index (χ3n) is 5.94. The van der Waals surface area contributed by atoms with Gasteiger partial charge in [0.25, 0.3) is 5.91 Å². The van der Waals surface area contributed by atoms with Crippen LogP contribution in [0.5, 0.6) is 0 Å². The van der Waals surface area contributed by atoms with E-state index in [9.17, 15) is 14.4 Å². The molecule has 1 aliphatic rings. The molecule has 0 unspecified atom stereocenters. The normalized spacial score (nSPS) is 13.1. The van der Waals surface area contributed by atoms with Gasteiger partial charge in [-0.1, -0.05) is 0 Å². The average molecular weight is 488 g/mol. The summed E-state index contributed by atoms with van der Waals surface area (Å²) in [6, 6.07) is 21.4. The summed E-state index contributed by atoms with van der Waals surface area (Å²) in [5.74, 6) is -0.610. The molecule has 4 rings (SSSR count). The van der Waals surface area contributed by atoms with Crippen molar-refractivity contribution < 1.29 is 23.9 Å². The van der Waals surface area contributed by atoms with E-state index in [4.69, 9.17) is 4.74 Å². The van der Waals surface area contributed by atoms with Crippen LogP contribution in [-0.2, 0) is 14.3 Å². The predicted molar refractivity (Wildman–Crippen MR) is 139 cm³/mol. The Labute approximate surface area is 210 Å². The Morgan fingerprint density at radius 3 is 1.94 bits per heavy atom. The van der Waals surface area contributed by atoms with E-state index >= 15 is 0 Å². The molecule has 186 valence electrons. The van der Waals surface area contributed by atoms with Gasteiger partial charge in [0, 0.05) is 53.4 Å². The van der Waals surface area contributed by atoms with Gasteiger partial charge >= 0.3 is 5.97 Å². The number of anilines is 3. The van der Waals surface area contributed by atoms with Gasteiger partial charge in [-0.3, -0.25) is 14.4 Å². The first kappa shape index (κ1) is 24.9. The Morgan fingerprint density at radius 2 is 1.36 bits per heavy atom. The van der Waals surface area contributed by atoms with Crippen LogP contribution >= 0.6 is 0 Å². The monoisotopic (exact) mass is 487 g/mol. The quantitative estimate of drug-likeness (QED) is 0.348. The number of hydrogen-bond donors (Lipinski definition) is 2. The minimum absolute atomic E-state index is 0.118. The van der Waals surface area contributed by atoms with E-state index in [0.717, 1.165) is 24.5 Å². The standard InChI is InChI=1S/C28H29N3O5/c1-35-26(32)14-15-29-23-8-2-20(3-9-23)27(33)21-4-10-24(11-5-21)30-28(34)22-6-12-25(13-7-22)31-16-18-36-19-17-31/h2-13,29H,14-19H2,1H3,(H,30,34). The Bertz CT molecular complexity index is 1190. The van der Waals surface area contributed by atoms with Crippen molar-refractivity contribution in [2.24, 2.45) is 0 Å². The summed E-state index contributed by atoms with van der Waals surface area (Å²) in [5, 5.41) is 5.99. The lowest BCUT2D eigenvalue weighted by atomic mass is 10.0. The lowest BCUT2D eigenvalue weighted by Gasteiger charge is -2.28. The molecule has 8 heteroatoms. The Hall–Kier alpha value is -4.17. The second kappa shape index (κ2) is 12.0. The third kappa shape index (κ3) is 6.49. The largest absolute Gasteiger partial charge is 0.469 e. The van der Waals surface area contributed by atoms with Crippen LogP contribution in [0.2, 0.25) is 0 Å². The van der Waals surface area contributed by atoms with Gasteiger partial charge < -0.3 is 25.0 Å². The van der Waals surface area contributed by atoms with Crippen molar-refractivity contribution in [1.29, 1.82) is 0 Å². The summed E-state index contributed by atoms with van der Waals surface area (Å²) < 4.78 is 10.00. The summed E-state index contributed by atoms with van der Waals surface area (Å²) in [7, 11) is 1.36. The SMILES string of the molecule is COC(=O)CCNc1ccc(C(=O)c2ccc(NC(=O)c3ccc(N4CCOCC4)cc3)cc2)cc1. The summed E-state index contributed by atoms with van der Waals surface area (Å²) in [5.41, 5.74) is 4.13. The number of rotatable bonds is 9. The summed E-state index contributed by atoms with van der Waals surface area (Å²) in [4.78, 5) is 38.9. The molecule has 36 heavy (non-hydrogen) atoms. The third-order valence-corrected chi connectivity index (χ3v) is 5.94. The molecule has 1 aliphatic heterocycles. The fourth-order valence-corrected chi connectivity index (χ4v) is 3.87. The number of ketones is 1. The maximum Gasteiger partial charge on any atom is 0.307 e. The molecule has 0 radical (unpaired) electrons. The van der Waals surface area contributed by atoms with E-state index in [1.54, 1.807) is 48.5 Å². The summed E-state index contributed by atoms with van der Waals surface area (Å²) in [6.45, 7) is 3.55. The maximum absolute atomic E-state index is 12.8. The highest BCUT2D eigenvalue weighted by Crippen LogP contribution is 2.19. The van der Waals surface area contributed by atoms with E-state index in [-0.39, 0.29) is 24.1 Å². The van der Waals surface area contributed by atoms with Crippen LogP contribution in [0.1, 0.15) is 32.7 Å². The molecule has 8 nitrogen and oxygen atoms in total. The highest BCUT2D eigenvalue weighted by atomic mass is 16.5. The fraction of sp³-hybridized carbons (Fsp3) is 0.250. The first-order chi connectivity index (χ1) is 17.5. The molecule has 3 aromatic carbocycles. The minimum atomic E-state index is -0.282. The number of nitrogens with one attached hydrogen (secondary N) is 2. The predicted octanol–water partition coefficient (Wildman–Crippen LogP) is 3.98. The molecule has 1 fully saturated rings. The number of ether oxygens (including phenoxy) is 2. The number of carbonyl (C=O) groups excluding carboxylic acids is 3. The number of carbonyl (C=O) groups is 3. The zero-order valence-corrected chi connectivity index (χ0v) is 20.2. The number of nitrogens with zero attached hydrogens (tertiary/aromatic N) is 1. The highest BCUT2D eigenvalue weighted by molar-refractivity contribution is 6.09. The van der Waals surface area contributed by atoms with Crippen molar-refractivity contribution >= 4 is 34.7 Å². The first-order valence-electron chi connectivity index (χ1n) is 11.8. The van der Waals surface area contributed by atoms with Gasteiger partial charge in [0.2, 0.25) is 0 Å². The van der Waals surface area contributed by atoms with Crippen LogP contribution < -0.4 is 15.5 Å². The van der Waals surface area contributed by atoms with Crippen LogP contribution in [0.4, 0.5) is 17.1 Å². The molecule has 2 N–H and O–H groups in total. The molecule has 1 saturated heterocycles. The van der Waals surface area contributed by atoms with E-state index in [1.165, 1.54) is 7.11 Å². The van der Waals surface area contributed by atoms with Crippen LogP contribution in [0.15, 0.2) is 72.8 Å². The van der Waals surface area contributed by atoms with E-state index in [0.29, 0.717) is 42.1 Å². The van der Waals surface area contributed by atoms with Crippen molar-refractivity contribution in [2.45, 2.75) is 6.42 Å². The van der Waals surface area contributed by atoms with Gasteiger partial charge in [0.05, 0.1) is 26.7 Å². The fourth-order valence-electron chi connectivity index (χ4n) is 3.87. The minimum Gasteiger partial charge on any atom is -0.469 e. The second-order valence-electron chi connectivity index (χ2n) is 8.34. The first-order valence-corrected chi connectivity index (χ1v) is 11.8. The number of hydrogen-bond acceptors (Lipinski definition) is 7. The van der Waals surface area contributed by atoms with Gasteiger partial charge in [-0.2, -0.15) is 0 Å². The van der Waals surface area contributed by atoms with Gasteiger partial charge in [-0.15, -0.1) is 0 Å². The molecule has 1 heterocycles. The van der Waals surface area contributed by atoms with Crippen LogP contribution in [0.25, 0.3) is 0 Å². The number of benzene rings is 3. The molecule has 3 aromatic rings. The number of methoxy groups -OCH3 is 1. The van der Waals surface area contributed by atoms with Crippen molar-refractivity contribution in [3.8, 4) is 0 Å². The summed E-state index contributed by atoms with van der Waals surface area (Å²) >= 11 is 0. The zero-order chi connectivity index (χ0) is 25.3. The molecule has 0 aliphatic carbocycles. The molecular weight excluding hydrogens is 458 g/mol. The topological polar surface area (TPSA) is 97.0 Å². The Balaban J connectivity index is 1.31. The molecular formula is C28H29N3O5. The van der Waals surface area contributed by atoms with Gasteiger partial charge in [-0.25, -0.2) is 0 Å². The van der Waals surface area contributed by atoms with Gasteiger partial charge in [0.1, 0.15) is 0 Å². The van der Waals surface area contributed by atoms with Crippen molar-refractivity contribution in [2.75, 3.05) is 55.5 Å².